The molecule has 1 aromatic heterocycles. The van der Waals surface area contributed by atoms with Crippen molar-refractivity contribution < 1.29 is 24.1 Å². The fourth-order valence-electron chi connectivity index (χ4n) is 4.65. The third kappa shape index (κ3) is 2.99. The van der Waals surface area contributed by atoms with Crippen molar-refractivity contribution in [1.82, 2.24) is 9.47 Å². The number of carbonyl (C=O) groups excluding carboxylic acids is 1. The van der Waals surface area contributed by atoms with Crippen LogP contribution in [-0.2, 0) is 7.05 Å². The van der Waals surface area contributed by atoms with Crippen LogP contribution in [0.3, 0.4) is 0 Å². The summed E-state index contributed by atoms with van der Waals surface area (Å²) in [4.78, 5) is 14.7. The minimum Gasteiger partial charge on any atom is -0.488 e. The number of rotatable bonds is 3. The van der Waals surface area contributed by atoms with Gasteiger partial charge in [0.05, 0.1) is 6.10 Å². The summed E-state index contributed by atoms with van der Waals surface area (Å²) in [5.74, 6) is 2.76. The number of aryl methyl sites for hydroxylation is 1. The molecule has 1 saturated carbocycles. The molecule has 1 aliphatic carbocycles. The van der Waals surface area contributed by atoms with Crippen LogP contribution in [0.15, 0.2) is 36.5 Å². The largest absolute Gasteiger partial charge is 0.488 e. The molecule has 148 valence electrons. The summed E-state index contributed by atoms with van der Waals surface area (Å²) in [6.45, 7) is 1.63. The first-order valence-corrected chi connectivity index (χ1v) is 9.73. The highest BCUT2D eigenvalue weighted by atomic mass is 16.7. The zero-order valence-corrected chi connectivity index (χ0v) is 15.8. The van der Waals surface area contributed by atoms with Crippen LogP contribution in [0.4, 0.5) is 0 Å². The van der Waals surface area contributed by atoms with Crippen molar-refractivity contribution in [2.45, 2.75) is 25.0 Å². The molecule has 0 bridgehead atoms. The number of carbonyl (C=O) groups is 1. The van der Waals surface area contributed by atoms with E-state index in [2.05, 4.69) is 0 Å². The van der Waals surface area contributed by atoms with Crippen molar-refractivity contribution in [1.29, 1.82) is 0 Å². The van der Waals surface area contributed by atoms with Gasteiger partial charge in [-0.05, 0) is 48.9 Å². The number of ether oxygens (including phenoxy) is 3. The zero-order valence-electron chi connectivity index (χ0n) is 15.8. The Labute approximate surface area is 163 Å². The summed E-state index contributed by atoms with van der Waals surface area (Å²) in [6, 6.07) is 9.21. The fourth-order valence-corrected chi connectivity index (χ4v) is 4.65. The van der Waals surface area contributed by atoms with Crippen LogP contribution in [0.2, 0.25) is 0 Å². The number of likely N-dealkylation sites (tertiary alicyclic amines) is 1. The fraction of sp³-hybridized carbons (Fsp3) is 0.476. The molecule has 1 saturated heterocycles. The Kier molecular flexibility index (Phi) is 4.19. The molecule has 0 unspecified atom stereocenters. The van der Waals surface area contributed by atoms with E-state index < -0.39 is 6.10 Å². The van der Waals surface area contributed by atoms with Crippen LogP contribution in [0.5, 0.6) is 17.2 Å². The van der Waals surface area contributed by atoms with E-state index in [9.17, 15) is 9.90 Å². The highest BCUT2D eigenvalue weighted by Gasteiger charge is 2.44. The minimum atomic E-state index is -0.545. The maximum atomic E-state index is 12.8. The second-order valence-corrected chi connectivity index (χ2v) is 7.94. The Bertz CT molecular complexity index is 895. The second kappa shape index (κ2) is 6.74. The van der Waals surface area contributed by atoms with Crippen molar-refractivity contribution in [3.63, 3.8) is 0 Å². The molecule has 2 fully saturated rings. The number of aliphatic hydroxyl groups is 1. The molecule has 3 heterocycles. The average molecular weight is 384 g/mol. The molecule has 3 aliphatic rings. The molecule has 1 N–H and O–H groups in total. The van der Waals surface area contributed by atoms with Crippen molar-refractivity contribution in [2.24, 2.45) is 18.9 Å². The highest BCUT2D eigenvalue weighted by Crippen LogP contribution is 2.40. The zero-order chi connectivity index (χ0) is 19.3. The van der Waals surface area contributed by atoms with Crippen molar-refractivity contribution in [3.05, 3.63) is 42.2 Å². The van der Waals surface area contributed by atoms with Crippen LogP contribution in [0.1, 0.15) is 23.3 Å². The molecule has 28 heavy (non-hydrogen) atoms. The standard InChI is InChI=1S/C21H24N2O5/c1-22-6-2-3-16(22)21(25)23-10-13-7-17(24)19(8-14(13)11-23)28-15-4-5-18-20(9-15)27-12-26-18/h2-6,9,13-14,17,19,24H,7-8,10-12H2,1H3/t13-,14+,17+,19+/m0/s1. The van der Waals surface area contributed by atoms with Gasteiger partial charge < -0.3 is 28.8 Å². The molecule has 2 aromatic rings. The van der Waals surface area contributed by atoms with Gasteiger partial charge in [-0.15, -0.1) is 0 Å². The Morgan fingerprint density at radius 3 is 2.71 bits per heavy atom. The van der Waals surface area contributed by atoms with E-state index in [1.165, 1.54) is 0 Å². The molecule has 0 spiro atoms. The van der Waals surface area contributed by atoms with Gasteiger partial charge >= 0.3 is 0 Å². The van der Waals surface area contributed by atoms with Crippen molar-refractivity contribution >= 4 is 5.91 Å². The molecule has 1 amide bonds. The third-order valence-corrected chi connectivity index (χ3v) is 6.17. The van der Waals surface area contributed by atoms with Crippen LogP contribution in [0.25, 0.3) is 0 Å². The number of fused-ring (bicyclic) bond motifs is 2. The lowest BCUT2D eigenvalue weighted by atomic mass is 9.78. The van der Waals surface area contributed by atoms with Crippen molar-refractivity contribution in [2.75, 3.05) is 19.9 Å². The van der Waals surface area contributed by atoms with Gasteiger partial charge in [-0.1, -0.05) is 0 Å². The maximum Gasteiger partial charge on any atom is 0.270 e. The molecule has 4 atom stereocenters. The second-order valence-electron chi connectivity index (χ2n) is 7.94. The number of nitrogens with zero attached hydrogens (tertiary/aromatic N) is 2. The monoisotopic (exact) mass is 384 g/mol. The van der Waals surface area contributed by atoms with Gasteiger partial charge in [-0.2, -0.15) is 0 Å². The maximum absolute atomic E-state index is 12.8. The first-order valence-electron chi connectivity index (χ1n) is 9.73. The topological polar surface area (TPSA) is 73.2 Å². The normalized spacial score (nSPS) is 28.3. The number of benzene rings is 1. The average Bonchev–Trinajstić information content (AvgIpc) is 3.40. The van der Waals surface area contributed by atoms with E-state index in [1.54, 1.807) is 6.07 Å². The number of hydrogen-bond donors (Lipinski definition) is 1. The Balaban J connectivity index is 1.26. The van der Waals surface area contributed by atoms with Gasteiger partial charge in [-0.25, -0.2) is 0 Å². The lowest BCUT2D eigenvalue weighted by molar-refractivity contribution is -0.0232. The molecule has 1 aromatic carbocycles. The first-order chi connectivity index (χ1) is 13.6. The lowest BCUT2D eigenvalue weighted by Gasteiger charge is -2.35. The van der Waals surface area contributed by atoms with Crippen LogP contribution < -0.4 is 14.2 Å². The molecular weight excluding hydrogens is 360 g/mol. The Hall–Kier alpha value is -2.67. The molecule has 7 nitrogen and oxygen atoms in total. The SMILES string of the molecule is Cn1cccc1C(=O)N1C[C@H]2C[C@@H](Oc3ccc4c(c3)OCO4)[C@H](O)C[C@H]2C1. The number of hydrogen-bond acceptors (Lipinski definition) is 5. The molecule has 7 heteroatoms. The van der Waals surface area contributed by atoms with Crippen LogP contribution >= 0.6 is 0 Å². The third-order valence-electron chi connectivity index (χ3n) is 6.17. The van der Waals surface area contributed by atoms with E-state index in [1.807, 2.05) is 47.0 Å². The van der Waals surface area contributed by atoms with Crippen LogP contribution in [0, 0.1) is 11.8 Å². The van der Waals surface area contributed by atoms with E-state index in [0.717, 1.165) is 6.42 Å². The number of aliphatic hydroxyl groups excluding tert-OH is 1. The van der Waals surface area contributed by atoms with Crippen molar-refractivity contribution in [3.8, 4) is 17.2 Å². The molecule has 0 radical (unpaired) electrons. The van der Waals surface area contributed by atoms with Gasteiger partial charge in [0.15, 0.2) is 11.5 Å². The number of aromatic nitrogens is 1. The van der Waals surface area contributed by atoms with E-state index in [-0.39, 0.29) is 18.8 Å². The minimum absolute atomic E-state index is 0.0598. The number of amides is 1. The van der Waals surface area contributed by atoms with Gasteiger partial charge in [0.1, 0.15) is 17.5 Å². The van der Waals surface area contributed by atoms with E-state index in [0.29, 0.717) is 54.3 Å². The molecular formula is C21H24N2O5. The highest BCUT2D eigenvalue weighted by molar-refractivity contribution is 5.93. The lowest BCUT2D eigenvalue weighted by Crippen LogP contribution is -2.42. The summed E-state index contributed by atoms with van der Waals surface area (Å²) in [5, 5.41) is 10.6. The molecule has 2 aliphatic heterocycles. The first kappa shape index (κ1) is 17.4. The smallest absolute Gasteiger partial charge is 0.270 e. The summed E-state index contributed by atoms with van der Waals surface area (Å²) >= 11 is 0. The van der Waals surface area contributed by atoms with Gasteiger partial charge in [-0.3, -0.25) is 4.79 Å². The summed E-state index contributed by atoms with van der Waals surface area (Å²) in [5.41, 5.74) is 0.701. The van der Waals surface area contributed by atoms with E-state index >= 15 is 0 Å². The Morgan fingerprint density at radius 2 is 1.93 bits per heavy atom. The van der Waals surface area contributed by atoms with Gasteiger partial charge in [0, 0.05) is 32.4 Å². The summed E-state index contributed by atoms with van der Waals surface area (Å²) in [7, 11) is 1.88. The Morgan fingerprint density at radius 1 is 1.14 bits per heavy atom. The quantitative estimate of drug-likeness (QED) is 0.877. The predicted octanol–water partition coefficient (Wildman–Crippen LogP) is 2.04. The summed E-state index contributed by atoms with van der Waals surface area (Å²) < 4.78 is 18.7. The van der Waals surface area contributed by atoms with Gasteiger partial charge in [0.2, 0.25) is 6.79 Å². The predicted molar refractivity (Wildman–Crippen MR) is 101 cm³/mol. The summed E-state index contributed by atoms with van der Waals surface area (Å²) in [6.07, 6.45) is 2.44. The van der Waals surface area contributed by atoms with Crippen LogP contribution in [-0.4, -0.2) is 52.6 Å². The van der Waals surface area contributed by atoms with E-state index in [4.69, 9.17) is 14.2 Å². The van der Waals surface area contributed by atoms with Gasteiger partial charge in [0.25, 0.3) is 5.91 Å². The molecule has 5 rings (SSSR count).